The molecule has 0 saturated carbocycles. The molecule has 1 unspecified atom stereocenters. The Kier molecular flexibility index (Phi) is 5.64. The van der Waals surface area contributed by atoms with Crippen molar-refractivity contribution in [3.63, 3.8) is 0 Å². The van der Waals surface area contributed by atoms with Gasteiger partial charge in [-0.25, -0.2) is 0 Å². The number of hydrogen-bond donors (Lipinski definition) is 1. The fourth-order valence-electron chi connectivity index (χ4n) is 2.35. The van der Waals surface area contributed by atoms with Crippen molar-refractivity contribution in [3.05, 3.63) is 59.7 Å². The Morgan fingerprint density at radius 3 is 2.33 bits per heavy atom. The predicted octanol–water partition coefficient (Wildman–Crippen LogP) is 3.24. The van der Waals surface area contributed by atoms with Crippen LogP contribution < -0.4 is 9.47 Å². The van der Waals surface area contributed by atoms with Gasteiger partial charge in [0, 0.05) is 6.42 Å². The third kappa shape index (κ3) is 4.50. The first-order valence-corrected chi connectivity index (χ1v) is 7.16. The lowest BCUT2D eigenvalue weighted by Crippen LogP contribution is -2.12. The summed E-state index contributed by atoms with van der Waals surface area (Å²) in [5, 5.41) is 10.2. The minimum absolute atomic E-state index is 0.372. The van der Waals surface area contributed by atoms with E-state index in [2.05, 4.69) is 0 Å². The van der Waals surface area contributed by atoms with Crippen molar-refractivity contribution >= 4 is 0 Å². The van der Waals surface area contributed by atoms with Crippen molar-refractivity contribution in [2.75, 3.05) is 14.2 Å². The molecule has 0 aliphatic carbocycles. The third-order valence-corrected chi connectivity index (χ3v) is 3.57. The van der Waals surface area contributed by atoms with Gasteiger partial charge in [0.1, 0.15) is 11.5 Å². The Bertz CT molecular complexity index is 549. The van der Waals surface area contributed by atoms with E-state index in [-0.39, 0.29) is 6.10 Å². The Labute approximate surface area is 126 Å². The van der Waals surface area contributed by atoms with Gasteiger partial charge in [-0.3, -0.25) is 0 Å². The van der Waals surface area contributed by atoms with Crippen LogP contribution in [0.25, 0.3) is 0 Å². The van der Waals surface area contributed by atoms with Gasteiger partial charge in [-0.1, -0.05) is 30.3 Å². The fourth-order valence-corrected chi connectivity index (χ4v) is 2.35. The number of rotatable bonds is 7. The van der Waals surface area contributed by atoms with Gasteiger partial charge in [-0.05, 0) is 42.2 Å². The molecule has 1 atom stereocenters. The van der Waals surface area contributed by atoms with Gasteiger partial charge in [-0.15, -0.1) is 0 Å². The van der Waals surface area contributed by atoms with Crippen LogP contribution in [0.1, 0.15) is 17.5 Å². The fraction of sp³-hybridized carbons (Fsp3) is 0.333. The SMILES string of the molecule is COc1ccc(CCC(O)Cc2ccccc2OC)cc1. The molecule has 0 amide bonds. The maximum atomic E-state index is 10.2. The van der Waals surface area contributed by atoms with Gasteiger partial charge >= 0.3 is 0 Å². The van der Waals surface area contributed by atoms with Crippen molar-refractivity contribution in [2.24, 2.45) is 0 Å². The number of para-hydroxylation sites is 1. The van der Waals surface area contributed by atoms with E-state index in [0.717, 1.165) is 29.9 Å². The number of hydrogen-bond acceptors (Lipinski definition) is 3. The topological polar surface area (TPSA) is 38.7 Å². The van der Waals surface area contributed by atoms with Crippen molar-refractivity contribution in [1.82, 2.24) is 0 Å². The molecule has 0 aliphatic rings. The molecule has 2 rings (SSSR count). The highest BCUT2D eigenvalue weighted by atomic mass is 16.5. The Hall–Kier alpha value is -2.00. The molecule has 0 aliphatic heterocycles. The zero-order valence-electron chi connectivity index (χ0n) is 12.6. The normalized spacial score (nSPS) is 12.0. The van der Waals surface area contributed by atoms with Crippen LogP contribution in [0.15, 0.2) is 48.5 Å². The van der Waals surface area contributed by atoms with Crippen LogP contribution in [0.3, 0.4) is 0 Å². The molecule has 3 nitrogen and oxygen atoms in total. The highest BCUT2D eigenvalue weighted by molar-refractivity contribution is 5.33. The van der Waals surface area contributed by atoms with E-state index in [1.165, 1.54) is 5.56 Å². The van der Waals surface area contributed by atoms with Gasteiger partial charge in [0.05, 0.1) is 20.3 Å². The van der Waals surface area contributed by atoms with Gasteiger partial charge in [0.2, 0.25) is 0 Å². The molecule has 112 valence electrons. The van der Waals surface area contributed by atoms with Crippen LogP contribution in [0, 0.1) is 0 Å². The minimum atomic E-state index is -0.372. The maximum absolute atomic E-state index is 10.2. The van der Waals surface area contributed by atoms with E-state index in [4.69, 9.17) is 9.47 Å². The third-order valence-electron chi connectivity index (χ3n) is 3.57. The predicted molar refractivity (Wildman–Crippen MR) is 84.0 cm³/mol. The molecule has 2 aromatic rings. The number of aryl methyl sites for hydroxylation is 1. The van der Waals surface area contributed by atoms with E-state index < -0.39 is 0 Å². The zero-order valence-corrected chi connectivity index (χ0v) is 12.6. The summed E-state index contributed by atoms with van der Waals surface area (Å²) in [5.41, 5.74) is 2.25. The van der Waals surface area contributed by atoms with Crippen molar-refractivity contribution in [2.45, 2.75) is 25.4 Å². The van der Waals surface area contributed by atoms with Crippen LogP contribution in [0.2, 0.25) is 0 Å². The molecular formula is C18H22O3. The lowest BCUT2D eigenvalue weighted by atomic mass is 10.0. The average molecular weight is 286 g/mol. The molecular weight excluding hydrogens is 264 g/mol. The number of ether oxygens (including phenoxy) is 2. The van der Waals surface area contributed by atoms with Crippen LogP contribution in [0.5, 0.6) is 11.5 Å². The second kappa shape index (κ2) is 7.70. The average Bonchev–Trinajstić information content (AvgIpc) is 2.54. The van der Waals surface area contributed by atoms with Crippen LogP contribution in [-0.4, -0.2) is 25.4 Å². The summed E-state index contributed by atoms with van der Waals surface area (Å²) in [5.74, 6) is 1.69. The molecule has 0 fully saturated rings. The minimum Gasteiger partial charge on any atom is -0.497 e. The molecule has 21 heavy (non-hydrogen) atoms. The number of aliphatic hydroxyl groups excluding tert-OH is 1. The van der Waals surface area contributed by atoms with Crippen molar-refractivity contribution in [1.29, 1.82) is 0 Å². The molecule has 0 bridgehead atoms. The van der Waals surface area contributed by atoms with Gasteiger partial charge in [-0.2, -0.15) is 0 Å². The molecule has 1 N–H and O–H groups in total. The molecule has 0 aromatic heterocycles. The second-order valence-corrected chi connectivity index (χ2v) is 5.06. The van der Waals surface area contributed by atoms with E-state index in [1.54, 1.807) is 14.2 Å². The highest BCUT2D eigenvalue weighted by Crippen LogP contribution is 2.20. The standard InChI is InChI=1S/C18H22O3/c1-20-17-11-8-14(9-12-17)7-10-16(19)13-15-5-3-4-6-18(15)21-2/h3-6,8-9,11-12,16,19H,7,10,13H2,1-2H3. The van der Waals surface area contributed by atoms with Crippen molar-refractivity contribution < 1.29 is 14.6 Å². The maximum Gasteiger partial charge on any atom is 0.122 e. The molecule has 0 radical (unpaired) electrons. The first kappa shape index (κ1) is 15.4. The summed E-state index contributed by atoms with van der Waals surface area (Å²) in [6.07, 6.45) is 1.81. The van der Waals surface area contributed by atoms with E-state index >= 15 is 0 Å². The van der Waals surface area contributed by atoms with E-state index in [1.807, 2.05) is 48.5 Å². The molecule has 0 heterocycles. The largest absolute Gasteiger partial charge is 0.497 e. The zero-order chi connectivity index (χ0) is 15.1. The Morgan fingerprint density at radius 2 is 1.67 bits per heavy atom. The Balaban J connectivity index is 1.87. The summed E-state index contributed by atoms with van der Waals surface area (Å²) in [6, 6.07) is 15.8. The summed E-state index contributed by atoms with van der Waals surface area (Å²) in [4.78, 5) is 0. The van der Waals surface area contributed by atoms with Gasteiger partial charge < -0.3 is 14.6 Å². The lowest BCUT2D eigenvalue weighted by Gasteiger charge is -2.13. The number of methoxy groups -OCH3 is 2. The summed E-state index contributed by atoms with van der Waals surface area (Å²) < 4.78 is 10.4. The molecule has 0 saturated heterocycles. The first-order valence-electron chi connectivity index (χ1n) is 7.16. The van der Waals surface area contributed by atoms with Crippen molar-refractivity contribution in [3.8, 4) is 11.5 Å². The Morgan fingerprint density at radius 1 is 0.952 bits per heavy atom. The smallest absolute Gasteiger partial charge is 0.122 e. The summed E-state index contributed by atoms with van der Waals surface area (Å²) in [6.45, 7) is 0. The summed E-state index contributed by atoms with van der Waals surface area (Å²) in [7, 11) is 3.31. The van der Waals surface area contributed by atoms with Gasteiger partial charge in [0.25, 0.3) is 0 Å². The lowest BCUT2D eigenvalue weighted by molar-refractivity contribution is 0.164. The quantitative estimate of drug-likeness (QED) is 0.849. The molecule has 2 aromatic carbocycles. The van der Waals surface area contributed by atoms with Crippen LogP contribution in [-0.2, 0) is 12.8 Å². The van der Waals surface area contributed by atoms with E-state index in [0.29, 0.717) is 6.42 Å². The molecule has 3 heteroatoms. The highest BCUT2D eigenvalue weighted by Gasteiger charge is 2.09. The number of aliphatic hydroxyl groups is 1. The van der Waals surface area contributed by atoms with Gasteiger partial charge in [0.15, 0.2) is 0 Å². The van der Waals surface area contributed by atoms with Crippen LogP contribution in [0.4, 0.5) is 0 Å². The second-order valence-electron chi connectivity index (χ2n) is 5.06. The first-order chi connectivity index (χ1) is 10.2. The monoisotopic (exact) mass is 286 g/mol. The van der Waals surface area contributed by atoms with Crippen LogP contribution >= 0.6 is 0 Å². The molecule has 0 spiro atoms. The van der Waals surface area contributed by atoms with E-state index in [9.17, 15) is 5.11 Å². The summed E-state index contributed by atoms with van der Waals surface area (Å²) >= 11 is 0. The number of benzene rings is 2.